The fourth-order valence-electron chi connectivity index (χ4n) is 5.90. The van der Waals surface area contributed by atoms with E-state index in [9.17, 15) is 27.9 Å². The van der Waals surface area contributed by atoms with Gasteiger partial charge in [-0.2, -0.15) is 13.2 Å². The van der Waals surface area contributed by atoms with E-state index in [2.05, 4.69) is 53.5 Å². The predicted octanol–water partition coefficient (Wildman–Crippen LogP) is 7.70. The topological polar surface area (TPSA) is 82.1 Å². The molecule has 1 aliphatic rings. The molecule has 0 bridgehead atoms. The van der Waals surface area contributed by atoms with Crippen LogP contribution in [0.3, 0.4) is 0 Å². The molecule has 50 heavy (non-hydrogen) atoms. The Bertz CT molecular complexity index is 1780. The molecule has 4 aromatic rings. The van der Waals surface area contributed by atoms with Gasteiger partial charge in [-0.3, -0.25) is 14.5 Å². The van der Waals surface area contributed by atoms with Gasteiger partial charge in [-0.1, -0.05) is 67.2 Å². The van der Waals surface area contributed by atoms with Crippen molar-refractivity contribution in [3.8, 4) is 5.75 Å². The molecule has 1 unspecified atom stereocenters. The molecule has 4 aromatic carbocycles. The average molecular weight is 706 g/mol. The molecule has 1 aliphatic heterocycles. The van der Waals surface area contributed by atoms with E-state index in [1.54, 1.807) is 41.8 Å². The van der Waals surface area contributed by atoms with Crippen molar-refractivity contribution in [3.63, 3.8) is 0 Å². The number of rotatable bonds is 11. The molecule has 3 atom stereocenters. The number of para-hydroxylation sites is 1. The number of nitrogens with one attached hydrogen (secondary N) is 1. The third-order valence-corrected chi connectivity index (χ3v) is 9.99. The quantitative estimate of drug-likeness (QED) is 0.167. The van der Waals surface area contributed by atoms with E-state index in [0.717, 1.165) is 22.6 Å². The Morgan fingerprint density at radius 2 is 1.70 bits per heavy atom. The monoisotopic (exact) mass is 705 g/mol. The second-order valence-electron chi connectivity index (χ2n) is 12.9. The largest absolute Gasteiger partial charge is 0.486 e. The Kier molecular flexibility index (Phi) is 11.9. The van der Waals surface area contributed by atoms with Crippen LogP contribution in [0, 0.1) is 12.8 Å². The van der Waals surface area contributed by atoms with E-state index < -0.39 is 29.8 Å². The fraction of sp³-hybridized carbons (Fsp3) is 0.333. The molecule has 0 spiro atoms. The lowest BCUT2D eigenvalue weighted by molar-refractivity contribution is -0.137. The molecule has 0 radical (unpaired) electrons. The van der Waals surface area contributed by atoms with Crippen LogP contribution in [0.2, 0.25) is 0 Å². The van der Waals surface area contributed by atoms with Crippen LogP contribution in [0.15, 0.2) is 101 Å². The van der Waals surface area contributed by atoms with Gasteiger partial charge in [0.1, 0.15) is 6.10 Å². The second kappa shape index (κ2) is 16.1. The molecule has 11 heteroatoms. The zero-order valence-corrected chi connectivity index (χ0v) is 29.4. The van der Waals surface area contributed by atoms with Gasteiger partial charge in [0.15, 0.2) is 5.75 Å². The first kappa shape index (κ1) is 36.9. The van der Waals surface area contributed by atoms with Crippen molar-refractivity contribution < 1.29 is 32.6 Å². The number of fused-ring (bicyclic) bond motifs is 1. The Labute approximate surface area is 295 Å². The highest BCUT2D eigenvalue weighted by molar-refractivity contribution is 7.99. The lowest BCUT2D eigenvalue weighted by Gasteiger charge is -2.38. The minimum atomic E-state index is -4.47. The van der Waals surface area contributed by atoms with Crippen LogP contribution in [-0.4, -0.2) is 65.6 Å². The first-order valence-electron chi connectivity index (χ1n) is 16.5. The number of anilines is 1. The molecule has 0 aliphatic carbocycles. The molecule has 264 valence electrons. The van der Waals surface area contributed by atoms with Crippen LogP contribution in [0.4, 0.5) is 18.9 Å². The van der Waals surface area contributed by atoms with Gasteiger partial charge in [-0.15, -0.1) is 0 Å². The van der Waals surface area contributed by atoms with E-state index in [0.29, 0.717) is 25.2 Å². The van der Waals surface area contributed by atoms with Gasteiger partial charge in [0.25, 0.3) is 5.91 Å². The highest BCUT2D eigenvalue weighted by Crippen LogP contribution is 2.36. The van der Waals surface area contributed by atoms with Crippen LogP contribution in [0.5, 0.6) is 5.75 Å². The van der Waals surface area contributed by atoms with Crippen molar-refractivity contribution in [2.75, 3.05) is 32.1 Å². The summed E-state index contributed by atoms with van der Waals surface area (Å²) in [5.41, 5.74) is 2.50. The minimum absolute atomic E-state index is 0.146. The van der Waals surface area contributed by atoms with E-state index in [-0.39, 0.29) is 41.9 Å². The number of carbonyl (C=O) groups excluding carboxylic acids is 2. The number of hydrogen-bond acceptors (Lipinski definition) is 6. The smallest absolute Gasteiger partial charge is 0.416 e. The standard InChI is InChI=1S/C39H42F3N3O4S/c1-25-8-5-6-11-35(25)50-31-18-14-29(15-19-31)22-44(4)23-34-26(2)21-45(27(3)24-46)38(48)32-9-7-10-33(37(32)49-34)43-36(47)20-28-12-16-30(17-13-28)39(40,41)42/h5-19,26-27,34,46H,20-24H2,1-4H3,(H,43,47)/t26-,27?,34-/m1/s1. The summed E-state index contributed by atoms with van der Waals surface area (Å²) in [6.45, 7) is 7.17. The van der Waals surface area contributed by atoms with Gasteiger partial charge in [-0.25, -0.2) is 0 Å². The molecule has 1 heterocycles. The summed E-state index contributed by atoms with van der Waals surface area (Å²) in [6.07, 6.45) is -5.04. The number of hydrogen-bond donors (Lipinski definition) is 2. The third kappa shape index (κ3) is 9.26. The SMILES string of the molecule is Cc1ccccc1Sc1ccc(CN(C)C[C@H]2Oc3c(NC(=O)Cc4ccc(C(F)(F)F)cc4)cccc3C(=O)N(C(C)CO)C[C@H]2C)cc1. The number of ether oxygens (including phenoxy) is 1. The molecule has 0 saturated carbocycles. The normalized spacial score (nSPS) is 17.1. The molecule has 2 amide bonds. The van der Waals surface area contributed by atoms with Gasteiger partial charge in [0, 0.05) is 35.3 Å². The van der Waals surface area contributed by atoms with E-state index in [4.69, 9.17) is 4.74 Å². The van der Waals surface area contributed by atoms with Crippen LogP contribution in [-0.2, 0) is 23.9 Å². The maximum absolute atomic E-state index is 13.8. The van der Waals surface area contributed by atoms with Crippen LogP contribution in [0.25, 0.3) is 0 Å². The lowest BCUT2D eigenvalue weighted by atomic mass is 9.98. The van der Waals surface area contributed by atoms with E-state index in [1.165, 1.54) is 22.6 Å². The van der Waals surface area contributed by atoms with Crippen molar-refractivity contribution in [3.05, 3.63) is 119 Å². The van der Waals surface area contributed by atoms with E-state index in [1.807, 2.05) is 26.1 Å². The Hall–Kier alpha value is -4.32. The fourth-order valence-corrected chi connectivity index (χ4v) is 6.80. The first-order valence-corrected chi connectivity index (χ1v) is 17.3. The Balaban J connectivity index is 1.34. The predicted molar refractivity (Wildman–Crippen MR) is 189 cm³/mol. The molecule has 5 rings (SSSR count). The van der Waals surface area contributed by atoms with Crippen molar-refractivity contribution >= 4 is 29.3 Å². The molecular weight excluding hydrogens is 664 g/mol. The number of aliphatic hydroxyl groups is 1. The number of amides is 2. The summed E-state index contributed by atoms with van der Waals surface area (Å²) in [5, 5.41) is 12.8. The van der Waals surface area contributed by atoms with Crippen molar-refractivity contribution in [1.82, 2.24) is 9.80 Å². The van der Waals surface area contributed by atoms with Gasteiger partial charge in [0.2, 0.25) is 5.91 Å². The highest BCUT2D eigenvalue weighted by Gasteiger charge is 2.35. The van der Waals surface area contributed by atoms with Gasteiger partial charge < -0.3 is 20.1 Å². The van der Waals surface area contributed by atoms with Gasteiger partial charge in [0.05, 0.1) is 35.9 Å². The number of benzene rings is 4. The number of alkyl halides is 3. The maximum Gasteiger partial charge on any atom is 0.416 e. The first-order chi connectivity index (χ1) is 23.8. The van der Waals surface area contributed by atoms with Crippen molar-refractivity contribution in [1.29, 1.82) is 0 Å². The molecule has 2 N–H and O–H groups in total. The zero-order valence-electron chi connectivity index (χ0n) is 28.5. The number of carbonyl (C=O) groups is 2. The average Bonchev–Trinajstić information content (AvgIpc) is 3.08. The summed E-state index contributed by atoms with van der Waals surface area (Å²) in [7, 11) is 2.00. The number of aryl methyl sites for hydroxylation is 1. The molecule has 0 aromatic heterocycles. The summed E-state index contributed by atoms with van der Waals surface area (Å²) in [4.78, 5) is 33.1. The summed E-state index contributed by atoms with van der Waals surface area (Å²) >= 11 is 1.73. The third-order valence-electron chi connectivity index (χ3n) is 8.80. The Morgan fingerprint density at radius 1 is 1.02 bits per heavy atom. The molecular formula is C39H42F3N3O4S. The molecule has 0 saturated heterocycles. The van der Waals surface area contributed by atoms with Gasteiger partial charge in [-0.05, 0) is 80.1 Å². The van der Waals surface area contributed by atoms with Crippen molar-refractivity contribution in [2.24, 2.45) is 5.92 Å². The number of aliphatic hydroxyl groups excluding tert-OH is 1. The minimum Gasteiger partial charge on any atom is -0.486 e. The van der Waals surface area contributed by atoms with Crippen LogP contribution in [0.1, 0.15) is 46.5 Å². The van der Waals surface area contributed by atoms with E-state index >= 15 is 0 Å². The number of likely N-dealkylation sites (N-methyl/N-ethyl adjacent to an activating group) is 1. The summed E-state index contributed by atoms with van der Waals surface area (Å²) in [5.74, 6) is -0.728. The zero-order chi connectivity index (χ0) is 36.0. The number of halogens is 3. The van der Waals surface area contributed by atoms with Crippen LogP contribution >= 0.6 is 11.8 Å². The van der Waals surface area contributed by atoms with Gasteiger partial charge >= 0.3 is 6.18 Å². The molecule has 0 fully saturated rings. The highest BCUT2D eigenvalue weighted by atomic mass is 32.2. The van der Waals surface area contributed by atoms with Crippen molar-refractivity contribution in [2.45, 2.75) is 61.8 Å². The second-order valence-corrected chi connectivity index (χ2v) is 14.0. The summed E-state index contributed by atoms with van der Waals surface area (Å²) < 4.78 is 45.7. The Morgan fingerprint density at radius 3 is 2.36 bits per heavy atom. The molecule has 7 nitrogen and oxygen atoms in total. The van der Waals surface area contributed by atoms with Crippen LogP contribution < -0.4 is 10.1 Å². The lowest BCUT2D eigenvalue weighted by Crippen LogP contribution is -2.49. The maximum atomic E-state index is 13.8. The summed E-state index contributed by atoms with van der Waals surface area (Å²) in [6, 6.07) is 25.6. The number of nitrogens with zero attached hydrogens (tertiary/aromatic N) is 2.